The number of fused-ring (bicyclic) bond motifs is 3. The number of aryl methyl sites for hydroxylation is 1. The molecule has 0 unspecified atom stereocenters. The smallest absolute Gasteiger partial charge is 0.260 e. The number of hydrogen-bond acceptors (Lipinski definition) is 4. The van der Waals surface area contributed by atoms with Crippen LogP contribution in [0.4, 0.5) is 5.69 Å². The lowest BCUT2D eigenvalue weighted by molar-refractivity contribution is 0.509. The van der Waals surface area contributed by atoms with Gasteiger partial charge in [-0.05, 0) is 54.5 Å². The van der Waals surface area contributed by atoms with Gasteiger partial charge in [-0.1, -0.05) is 30.7 Å². The largest absolute Gasteiger partial charge is 0.378 e. The van der Waals surface area contributed by atoms with Crippen LogP contribution >= 0.6 is 22.9 Å². The third kappa shape index (κ3) is 3.54. The van der Waals surface area contributed by atoms with Gasteiger partial charge >= 0.3 is 0 Å². The fourth-order valence-electron chi connectivity index (χ4n) is 3.55. The Morgan fingerprint density at radius 1 is 1.33 bits per heavy atom. The van der Waals surface area contributed by atoms with E-state index in [1.807, 2.05) is 49.3 Å². The molecule has 1 N–H and O–H groups in total. The molecule has 0 saturated heterocycles. The van der Waals surface area contributed by atoms with Crippen molar-refractivity contribution in [1.29, 1.82) is 0 Å². The van der Waals surface area contributed by atoms with Gasteiger partial charge in [0.05, 0.1) is 10.4 Å². The van der Waals surface area contributed by atoms with Gasteiger partial charge in [0.25, 0.3) is 5.56 Å². The number of hydrogen-bond donors (Lipinski definition) is 1. The van der Waals surface area contributed by atoms with Crippen LogP contribution in [0.5, 0.6) is 0 Å². The number of H-pyrrole nitrogens is 1. The zero-order chi connectivity index (χ0) is 19.1. The van der Waals surface area contributed by atoms with Crippen LogP contribution in [0.15, 0.2) is 29.1 Å². The minimum atomic E-state index is -0.0865. The first-order valence-corrected chi connectivity index (χ1v) is 10.3. The molecule has 1 atom stereocenters. The van der Waals surface area contributed by atoms with E-state index in [0.717, 1.165) is 40.7 Å². The Morgan fingerprint density at radius 2 is 2.07 bits per heavy atom. The number of anilines is 1. The highest BCUT2D eigenvalue weighted by molar-refractivity contribution is 7.18. The minimum Gasteiger partial charge on any atom is -0.378 e. The number of halogens is 1. The first-order chi connectivity index (χ1) is 12.9. The highest BCUT2D eigenvalue weighted by atomic mass is 35.5. The molecule has 2 aromatic heterocycles. The Bertz CT molecular complexity index is 1080. The number of nitrogens with one attached hydrogen (secondary N) is 1. The van der Waals surface area contributed by atoms with Gasteiger partial charge in [-0.25, -0.2) is 4.98 Å². The van der Waals surface area contributed by atoms with Crippen LogP contribution in [0, 0.1) is 5.92 Å². The number of nitrogens with zero attached hydrogens (tertiary/aromatic N) is 2. The van der Waals surface area contributed by atoms with Crippen molar-refractivity contribution in [3.63, 3.8) is 0 Å². The monoisotopic (exact) mass is 399 g/mol. The Morgan fingerprint density at radius 3 is 2.78 bits per heavy atom. The van der Waals surface area contributed by atoms with Crippen LogP contribution in [0.3, 0.4) is 0 Å². The van der Waals surface area contributed by atoms with Crippen molar-refractivity contribution in [2.45, 2.75) is 26.2 Å². The third-order valence-electron chi connectivity index (χ3n) is 5.09. The molecule has 1 aliphatic rings. The molecule has 4 rings (SSSR count). The molecule has 0 saturated carbocycles. The first kappa shape index (κ1) is 18.3. The maximum Gasteiger partial charge on any atom is 0.260 e. The molecule has 3 aromatic rings. The predicted octanol–water partition coefficient (Wildman–Crippen LogP) is 4.91. The molecule has 1 aromatic carbocycles. The highest BCUT2D eigenvalue weighted by Crippen LogP contribution is 2.36. The summed E-state index contributed by atoms with van der Waals surface area (Å²) in [4.78, 5) is 24.4. The second kappa shape index (κ2) is 7.13. The summed E-state index contributed by atoms with van der Waals surface area (Å²) < 4.78 is 0. The van der Waals surface area contributed by atoms with E-state index in [1.54, 1.807) is 11.3 Å². The van der Waals surface area contributed by atoms with Crippen LogP contribution in [-0.2, 0) is 12.8 Å². The standard InChI is InChI=1S/C21H22ClN3OS/c1-12-4-9-15-17(10-12)27-21-18(15)20(26)23-19(24-21)16(22)11-13-5-7-14(8-6-13)25(2)3/h5-8,11-12H,4,9-10H2,1-3H3,(H,23,24,26)/b16-11-/t12-/m0/s1. The van der Waals surface area contributed by atoms with E-state index >= 15 is 0 Å². The summed E-state index contributed by atoms with van der Waals surface area (Å²) in [7, 11) is 4.01. The van der Waals surface area contributed by atoms with Crippen LogP contribution in [-0.4, -0.2) is 24.1 Å². The topological polar surface area (TPSA) is 49.0 Å². The Labute approximate surface area is 167 Å². The average Bonchev–Trinajstić information content (AvgIpc) is 2.99. The van der Waals surface area contributed by atoms with E-state index in [4.69, 9.17) is 11.6 Å². The van der Waals surface area contributed by atoms with E-state index in [1.165, 1.54) is 10.4 Å². The lowest BCUT2D eigenvalue weighted by atomic mass is 9.89. The maximum atomic E-state index is 12.7. The van der Waals surface area contributed by atoms with Crippen LogP contribution in [0.1, 0.15) is 35.2 Å². The van der Waals surface area contributed by atoms with Gasteiger partial charge in [0.15, 0.2) is 5.82 Å². The Balaban J connectivity index is 1.72. The summed E-state index contributed by atoms with van der Waals surface area (Å²) in [5.74, 6) is 1.09. The molecule has 140 valence electrons. The van der Waals surface area contributed by atoms with E-state index < -0.39 is 0 Å². The molecule has 0 spiro atoms. The van der Waals surface area contributed by atoms with Crippen LogP contribution in [0.25, 0.3) is 21.3 Å². The molecule has 6 heteroatoms. The normalized spacial score (nSPS) is 17.2. The van der Waals surface area contributed by atoms with Gasteiger partial charge < -0.3 is 9.88 Å². The summed E-state index contributed by atoms with van der Waals surface area (Å²) in [5.41, 5.74) is 3.19. The van der Waals surface area contributed by atoms with Crippen molar-refractivity contribution in [3.05, 3.63) is 56.4 Å². The molecule has 2 heterocycles. The third-order valence-corrected chi connectivity index (χ3v) is 6.53. The minimum absolute atomic E-state index is 0.0865. The molecule has 0 bridgehead atoms. The molecule has 0 aliphatic heterocycles. The quantitative estimate of drug-likeness (QED) is 0.680. The van der Waals surface area contributed by atoms with Crippen molar-refractivity contribution >= 4 is 50.0 Å². The van der Waals surface area contributed by atoms with Crippen molar-refractivity contribution in [1.82, 2.24) is 9.97 Å². The van der Waals surface area contributed by atoms with Gasteiger partial charge in [-0.15, -0.1) is 11.3 Å². The van der Waals surface area contributed by atoms with Crippen molar-refractivity contribution in [3.8, 4) is 0 Å². The van der Waals surface area contributed by atoms with Crippen molar-refractivity contribution < 1.29 is 0 Å². The van der Waals surface area contributed by atoms with Crippen molar-refractivity contribution in [2.75, 3.05) is 19.0 Å². The lowest BCUT2D eigenvalue weighted by Crippen LogP contribution is -2.14. The second-order valence-corrected chi connectivity index (χ2v) is 8.92. The number of aromatic amines is 1. The van der Waals surface area contributed by atoms with Gasteiger partial charge in [0.2, 0.25) is 0 Å². The second-order valence-electron chi connectivity index (χ2n) is 7.42. The molecular weight excluding hydrogens is 378 g/mol. The molecular formula is C21H22ClN3OS. The molecule has 0 fully saturated rings. The van der Waals surface area contributed by atoms with E-state index in [0.29, 0.717) is 16.8 Å². The number of aromatic nitrogens is 2. The SMILES string of the molecule is C[C@H]1CCc2c(sc3nc(/C(Cl)=C/c4ccc(N(C)C)cc4)[nH]c(=O)c23)C1. The summed E-state index contributed by atoms with van der Waals surface area (Å²) in [6.07, 6.45) is 4.96. The number of thiophene rings is 1. The van der Waals surface area contributed by atoms with Gasteiger partial charge in [0.1, 0.15) is 4.83 Å². The maximum absolute atomic E-state index is 12.7. The Hall–Kier alpha value is -2.11. The molecule has 4 nitrogen and oxygen atoms in total. The molecule has 1 aliphatic carbocycles. The summed E-state index contributed by atoms with van der Waals surface area (Å²) in [6, 6.07) is 8.06. The van der Waals surface area contributed by atoms with Crippen LogP contribution < -0.4 is 10.5 Å². The summed E-state index contributed by atoms with van der Waals surface area (Å²) >= 11 is 8.13. The average molecular weight is 400 g/mol. The summed E-state index contributed by atoms with van der Waals surface area (Å²) in [6.45, 7) is 2.26. The predicted molar refractivity (Wildman–Crippen MR) is 116 cm³/mol. The molecule has 0 radical (unpaired) electrons. The lowest BCUT2D eigenvalue weighted by Gasteiger charge is -2.17. The van der Waals surface area contributed by atoms with E-state index in [-0.39, 0.29) is 5.56 Å². The van der Waals surface area contributed by atoms with E-state index in [2.05, 4.69) is 16.9 Å². The zero-order valence-electron chi connectivity index (χ0n) is 15.7. The van der Waals surface area contributed by atoms with Crippen LogP contribution in [0.2, 0.25) is 0 Å². The first-order valence-electron chi connectivity index (χ1n) is 9.12. The number of benzene rings is 1. The fraction of sp³-hybridized carbons (Fsp3) is 0.333. The number of rotatable bonds is 3. The van der Waals surface area contributed by atoms with Gasteiger partial charge in [-0.2, -0.15) is 0 Å². The van der Waals surface area contributed by atoms with Gasteiger partial charge in [0, 0.05) is 24.7 Å². The fourth-order valence-corrected chi connectivity index (χ4v) is 5.14. The highest BCUT2D eigenvalue weighted by Gasteiger charge is 2.23. The molecule has 27 heavy (non-hydrogen) atoms. The van der Waals surface area contributed by atoms with Crippen molar-refractivity contribution in [2.24, 2.45) is 5.92 Å². The summed E-state index contributed by atoms with van der Waals surface area (Å²) in [5, 5.41) is 1.19. The van der Waals surface area contributed by atoms with Gasteiger partial charge in [-0.3, -0.25) is 4.79 Å². The van der Waals surface area contributed by atoms with E-state index in [9.17, 15) is 4.79 Å². The Kier molecular flexibility index (Phi) is 4.82. The zero-order valence-corrected chi connectivity index (χ0v) is 17.2. The molecule has 0 amide bonds.